The molecule has 1 aromatic carbocycles. The highest BCUT2D eigenvalue weighted by molar-refractivity contribution is 8.00. The number of nitrogens with zero attached hydrogens (tertiary/aromatic N) is 4. The molecule has 1 aromatic heterocycles. The number of halogens is 2. The first-order valence-corrected chi connectivity index (χ1v) is 8.16. The van der Waals surface area contributed by atoms with Gasteiger partial charge in [0, 0.05) is 17.1 Å². The summed E-state index contributed by atoms with van der Waals surface area (Å²) in [6.07, 6.45) is 0. The van der Waals surface area contributed by atoms with Crippen molar-refractivity contribution in [2.45, 2.75) is 30.3 Å². The fourth-order valence-electron chi connectivity index (χ4n) is 1.79. The van der Waals surface area contributed by atoms with Gasteiger partial charge in [-0.2, -0.15) is 0 Å². The maximum Gasteiger partial charge on any atom is 0.233 e. The van der Waals surface area contributed by atoms with Crippen LogP contribution in [0.5, 0.6) is 0 Å². The second-order valence-electron chi connectivity index (χ2n) is 4.74. The molecule has 0 aliphatic carbocycles. The molecule has 1 N–H and O–H groups in total. The van der Waals surface area contributed by atoms with Gasteiger partial charge in [0.1, 0.15) is 0 Å². The molecule has 6 nitrogen and oxygen atoms in total. The lowest BCUT2D eigenvalue weighted by Crippen LogP contribution is -2.33. The Balaban J connectivity index is 2.00. The van der Waals surface area contributed by atoms with Gasteiger partial charge in [0.05, 0.1) is 11.3 Å². The van der Waals surface area contributed by atoms with Gasteiger partial charge in [-0.15, -0.1) is 5.10 Å². The van der Waals surface area contributed by atoms with Crippen molar-refractivity contribution in [2.24, 2.45) is 7.05 Å². The number of rotatable bonds is 5. The Labute approximate surface area is 142 Å². The maximum absolute atomic E-state index is 12.3. The summed E-state index contributed by atoms with van der Waals surface area (Å²) in [6.45, 7) is 3.67. The number of carbonyl (C=O) groups excluding carboxylic acids is 1. The minimum atomic E-state index is -0.335. The molecule has 2 atom stereocenters. The Kier molecular flexibility index (Phi) is 5.66. The molecule has 0 bridgehead atoms. The van der Waals surface area contributed by atoms with Crippen LogP contribution < -0.4 is 5.32 Å². The molecule has 0 aliphatic heterocycles. The topological polar surface area (TPSA) is 72.7 Å². The predicted octanol–water partition coefficient (Wildman–Crippen LogP) is 2.87. The third kappa shape index (κ3) is 4.12. The summed E-state index contributed by atoms with van der Waals surface area (Å²) in [4.78, 5) is 12.3. The van der Waals surface area contributed by atoms with Crippen LogP contribution >= 0.6 is 35.0 Å². The molecule has 0 radical (unpaired) electrons. The fraction of sp³-hybridized carbons (Fsp3) is 0.385. The minimum Gasteiger partial charge on any atom is -0.349 e. The van der Waals surface area contributed by atoms with Crippen LogP contribution in [0.3, 0.4) is 0 Å². The molecule has 22 heavy (non-hydrogen) atoms. The number of aryl methyl sites for hydroxylation is 1. The monoisotopic (exact) mass is 359 g/mol. The van der Waals surface area contributed by atoms with Crippen LogP contribution in [-0.2, 0) is 11.8 Å². The van der Waals surface area contributed by atoms with Gasteiger partial charge < -0.3 is 5.32 Å². The van der Waals surface area contributed by atoms with E-state index in [2.05, 4.69) is 20.8 Å². The number of aromatic nitrogens is 4. The molecule has 9 heteroatoms. The van der Waals surface area contributed by atoms with E-state index in [9.17, 15) is 4.79 Å². The molecule has 0 spiro atoms. The van der Waals surface area contributed by atoms with Gasteiger partial charge in [0.2, 0.25) is 11.1 Å². The molecule has 2 rings (SSSR count). The lowest BCUT2D eigenvalue weighted by atomic mass is 10.1. The molecule has 0 unspecified atom stereocenters. The first kappa shape index (κ1) is 17.1. The standard InChI is InChI=1S/C13H15Cl2N5OS/c1-7(10-5-4-9(14)6-11(10)15)16-12(21)8(2)22-13-17-18-19-20(13)3/h4-8H,1-3H3,(H,16,21)/t7-,8+/m1/s1. The number of thioether (sulfide) groups is 1. The van der Waals surface area contributed by atoms with Crippen LogP contribution in [0.15, 0.2) is 23.4 Å². The van der Waals surface area contributed by atoms with Gasteiger partial charge in [-0.05, 0) is 42.0 Å². The van der Waals surface area contributed by atoms with Crippen molar-refractivity contribution < 1.29 is 4.79 Å². The second-order valence-corrected chi connectivity index (χ2v) is 6.89. The van der Waals surface area contributed by atoms with Crippen LogP contribution in [0.25, 0.3) is 0 Å². The number of hydrogen-bond acceptors (Lipinski definition) is 5. The summed E-state index contributed by atoms with van der Waals surface area (Å²) in [5.74, 6) is -0.119. The number of carbonyl (C=O) groups is 1. The van der Waals surface area contributed by atoms with Crippen LogP contribution in [0.2, 0.25) is 10.0 Å². The number of nitrogens with one attached hydrogen (secondary N) is 1. The molecule has 1 heterocycles. The average Bonchev–Trinajstić information content (AvgIpc) is 2.83. The lowest BCUT2D eigenvalue weighted by Gasteiger charge is -2.18. The Bertz CT molecular complexity index is 678. The quantitative estimate of drug-likeness (QED) is 0.830. The van der Waals surface area contributed by atoms with Crippen molar-refractivity contribution >= 4 is 40.9 Å². The summed E-state index contributed by atoms with van der Waals surface area (Å²) in [5, 5.41) is 15.4. The van der Waals surface area contributed by atoms with Gasteiger partial charge in [-0.1, -0.05) is 41.0 Å². The average molecular weight is 360 g/mol. The molecule has 0 saturated carbocycles. The minimum absolute atomic E-state index is 0.119. The molecule has 118 valence electrons. The van der Waals surface area contributed by atoms with Crippen molar-refractivity contribution in [3.8, 4) is 0 Å². The predicted molar refractivity (Wildman–Crippen MR) is 87.1 cm³/mol. The van der Waals surface area contributed by atoms with E-state index in [0.29, 0.717) is 15.2 Å². The van der Waals surface area contributed by atoms with Crippen molar-refractivity contribution in [2.75, 3.05) is 0 Å². The molecule has 0 saturated heterocycles. The van der Waals surface area contributed by atoms with Gasteiger partial charge in [0.25, 0.3) is 0 Å². The van der Waals surface area contributed by atoms with Crippen molar-refractivity contribution in [3.05, 3.63) is 33.8 Å². The summed E-state index contributed by atoms with van der Waals surface area (Å²) < 4.78 is 1.52. The van der Waals surface area contributed by atoms with Crippen LogP contribution in [0.1, 0.15) is 25.5 Å². The van der Waals surface area contributed by atoms with E-state index < -0.39 is 0 Å². The maximum atomic E-state index is 12.3. The summed E-state index contributed by atoms with van der Waals surface area (Å²) >= 11 is 13.3. The Morgan fingerprint density at radius 1 is 1.36 bits per heavy atom. The third-order valence-electron chi connectivity index (χ3n) is 3.02. The fourth-order valence-corrected chi connectivity index (χ4v) is 3.13. The van der Waals surface area contributed by atoms with E-state index in [4.69, 9.17) is 23.2 Å². The molecule has 0 fully saturated rings. The number of hydrogen-bond donors (Lipinski definition) is 1. The van der Waals surface area contributed by atoms with E-state index in [1.807, 2.05) is 6.92 Å². The van der Waals surface area contributed by atoms with E-state index in [0.717, 1.165) is 5.56 Å². The van der Waals surface area contributed by atoms with Crippen LogP contribution in [0.4, 0.5) is 0 Å². The summed E-state index contributed by atoms with van der Waals surface area (Å²) in [5.41, 5.74) is 0.817. The smallest absolute Gasteiger partial charge is 0.233 e. The highest BCUT2D eigenvalue weighted by Crippen LogP contribution is 2.27. The second kappa shape index (κ2) is 7.30. The number of benzene rings is 1. The number of tetrazole rings is 1. The Morgan fingerprint density at radius 2 is 2.09 bits per heavy atom. The normalized spacial score (nSPS) is 13.7. The van der Waals surface area contributed by atoms with Crippen molar-refractivity contribution in [1.29, 1.82) is 0 Å². The Hall–Kier alpha value is -1.31. The van der Waals surface area contributed by atoms with Gasteiger partial charge in [-0.3, -0.25) is 4.79 Å². The van der Waals surface area contributed by atoms with E-state index in [1.165, 1.54) is 16.4 Å². The van der Waals surface area contributed by atoms with Crippen LogP contribution in [-0.4, -0.2) is 31.4 Å². The third-order valence-corrected chi connectivity index (χ3v) is 4.71. The van der Waals surface area contributed by atoms with E-state index in [-0.39, 0.29) is 17.2 Å². The van der Waals surface area contributed by atoms with Gasteiger partial charge in [-0.25, -0.2) is 4.68 Å². The van der Waals surface area contributed by atoms with E-state index in [1.54, 1.807) is 32.2 Å². The summed E-state index contributed by atoms with van der Waals surface area (Å²) in [7, 11) is 1.73. The first-order valence-electron chi connectivity index (χ1n) is 6.53. The Morgan fingerprint density at radius 3 is 2.68 bits per heavy atom. The lowest BCUT2D eigenvalue weighted by molar-refractivity contribution is -0.120. The van der Waals surface area contributed by atoms with E-state index >= 15 is 0 Å². The number of amides is 1. The highest BCUT2D eigenvalue weighted by Gasteiger charge is 2.20. The van der Waals surface area contributed by atoms with Gasteiger partial charge >= 0.3 is 0 Å². The zero-order chi connectivity index (χ0) is 16.3. The van der Waals surface area contributed by atoms with Crippen molar-refractivity contribution in [1.82, 2.24) is 25.5 Å². The van der Waals surface area contributed by atoms with Gasteiger partial charge in [0.15, 0.2) is 0 Å². The highest BCUT2D eigenvalue weighted by atomic mass is 35.5. The molecule has 1 amide bonds. The first-order chi connectivity index (χ1) is 10.4. The van der Waals surface area contributed by atoms with Crippen LogP contribution in [0, 0.1) is 0 Å². The summed E-state index contributed by atoms with van der Waals surface area (Å²) in [6, 6.07) is 4.98. The molecular formula is C13H15Cl2N5OS. The molecule has 0 aliphatic rings. The SMILES string of the molecule is C[C@H](Sc1nnnn1C)C(=O)N[C@H](C)c1ccc(Cl)cc1Cl. The zero-order valence-corrected chi connectivity index (χ0v) is 14.6. The largest absolute Gasteiger partial charge is 0.349 e. The molecular weight excluding hydrogens is 345 g/mol. The molecule has 2 aromatic rings. The van der Waals surface area contributed by atoms with Crippen molar-refractivity contribution in [3.63, 3.8) is 0 Å². The zero-order valence-electron chi connectivity index (χ0n) is 12.2.